The summed E-state index contributed by atoms with van der Waals surface area (Å²) in [5, 5.41) is 0. The third-order valence-electron chi connectivity index (χ3n) is 2.51. The third-order valence-corrected chi connectivity index (χ3v) is 3.01. The van der Waals surface area contributed by atoms with Crippen LogP contribution < -0.4 is 0 Å². The van der Waals surface area contributed by atoms with Gasteiger partial charge in [0, 0.05) is 4.47 Å². The van der Waals surface area contributed by atoms with E-state index in [-0.39, 0.29) is 11.9 Å². The molecule has 0 heterocycles. The van der Waals surface area contributed by atoms with E-state index in [1.165, 1.54) is 0 Å². The van der Waals surface area contributed by atoms with E-state index in [1.807, 2.05) is 51.1 Å². The molecule has 0 aliphatic heterocycles. The Kier molecular flexibility index (Phi) is 3.13. The molecule has 3 heteroatoms. The van der Waals surface area contributed by atoms with Crippen LogP contribution in [0.5, 0.6) is 0 Å². The molecule has 0 saturated heterocycles. The highest BCUT2D eigenvalue weighted by Crippen LogP contribution is 2.33. The van der Waals surface area contributed by atoms with Gasteiger partial charge in [0.25, 0.3) is 0 Å². The molecule has 1 aliphatic rings. The Morgan fingerprint density at radius 2 is 2.06 bits per heavy atom. The molecule has 0 bridgehead atoms. The molecule has 0 N–H and O–H groups in total. The van der Waals surface area contributed by atoms with Crippen LogP contribution in [0.3, 0.4) is 0 Å². The smallest absolute Gasteiger partial charge is 0.317 e. The zero-order valence-electron chi connectivity index (χ0n) is 10.2. The van der Waals surface area contributed by atoms with Crippen molar-refractivity contribution in [3.8, 4) is 0 Å². The van der Waals surface area contributed by atoms with Crippen molar-refractivity contribution in [3.05, 3.63) is 39.9 Å². The summed E-state index contributed by atoms with van der Waals surface area (Å²) < 4.78 is 6.43. The van der Waals surface area contributed by atoms with Crippen LogP contribution in [-0.2, 0) is 9.53 Å². The Labute approximate surface area is 110 Å². The van der Waals surface area contributed by atoms with Crippen molar-refractivity contribution >= 4 is 28.0 Å². The maximum atomic E-state index is 12.0. The average molecular weight is 295 g/mol. The number of carbonyl (C=O) groups is 1. The second-order valence-corrected chi connectivity index (χ2v) is 6.06. The summed E-state index contributed by atoms with van der Waals surface area (Å²) in [5.41, 5.74) is 1.65. The Bertz CT molecular complexity index is 483. The summed E-state index contributed by atoms with van der Waals surface area (Å²) in [6.45, 7) is 5.64. The van der Waals surface area contributed by atoms with Crippen LogP contribution in [0, 0.1) is 0 Å². The topological polar surface area (TPSA) is 26.3 Å². The fraction of sp³-hybridized carbons (Fsp3) is 0.357. The first kappa shape index (κ1) is 12.4. The monoisotopic (exact) mass is 294 g/mol. The Hall–Kier alpha value is -1.09. The molecule has 0 saturated carbocycles. The minimum Gasteiger partial charge on any atom is -0.459 e. The highest BCUT2D eigenvalue weighted by molar-refractivity contribution is 9.10. The molecule has 1 aromatic carbocycles. The average Bonchev–Trinajstić information content (AvgIpc) is 2.57. The maximum Gasteiger partial charge on any atom is 0.317 e. The van der Waals surface area contributed by atoms with Gasteiger partial charge in [-0.05, 0) is 44.0 Å². The molecular formula is C14H15BrO2. The molecule has 1 unspecified atom stereocenters. The van der Waals surface area contributed by atoms with Gasteiger partial charge in [-0.2, -0.15) is 0 Å². The zero-order valence-corrected chi connectivity index (χ0v) is 11.7. The number of esters is 1. The molecule has 0 amide bonds. The summed E-state index contributed by atoms with van der Waals surface area (Å²) in [4.78, 5) is 12.0. The number of fused-ring (bicyclic) bond motifs is 1. The molecule has 17 heavy (non-hydrogen) atoms. The summed E-state index contributed by atoms with van der Waals surface area (Å²) in [6, 6.07) is 5.92. The molecular weight excluding hydrogens is 280 g/mol. The standard InChI is InChI=1S/C14H15BrO2/c1-14(2,3)17-13(16)12-6-4-9-8-10(15)5-7-11(9)12/h4-8,12H,1-3H3. The van der Waals surface area contributed by atoms with Gasteiger partial charge < -0.3 is 4.74 Å². The van der Waals surface area contributed by atoms with E-state index in [9.17, 15) is 4.79 Å². The first-order chi connectivity index (χ1) is 7.87. The zero-order chi connectivity index (χ0) is 12.6. The van der Waals surface area contributed by atoms with Crippen LogP contribution in [0.25, 0.3) is 6.08 Å². The summed E-state index contributed by atoms with van der Waals surface area (Å²) in [5.74, 6) is -0.452. The summed E-state index contributed by atoms with van der Waals surface area (Å²) in [7, 11) is 0. The van der Waals surface area contributed by atoms with Crippen molar-refractivity contribution < 1.29 is 9.53 Å². The Morgan fingerprint density at radius 3 is 2.71 bits per heavy atom. The molecule has 1 aliphatic carbocycles. The van der Waals surface area contributed by atoms with Gasteiger partial charge in [-0.25, -0.2) is 0 Å². The molecule has 0 fully saturated rings. The van der Waals surface area contributed by atoms with Crippen LogP contribution in [0.2, 0.25) is 0 Å². The predicted molar refractivity (Wildman–Crippen MR) is 71.8 cm³/mol. The second kappa shape index (κ2) is 4.30. The SMILES string of the molecule is CC(C)(C)OC(=O)C1C=Cc2cc(Br)ccc21. The van der Waals surface area contributed by atoms with E-state index in [0.717, 1.165) is 15.6 Å². The molecule has 2 rings (SSSR count). The number of hydrogen-bond acceptors (Lipinski definition) is 2. The molecule has 1 aromatic rings. The third kappa shape index (κ3) is 2.78. The van der Waals surface area contributed by atoms with Gasteiger partial charge in [-0.15, -0.1) is 0 Å². The van der Waals surface area contributed by atoms with E-state index in [2.05, 4.69) is 15.9 Å². The summed E-state index contributed by atoms with van der Waals surface area (Å²) >= 11 is 3.42. The van der Waals surface area contributed by atoms with Crippen molar-refractivity contribution in [2.45, 2.75) is 32.3 Å². The highest BCUT2D eigenvalue weighted by Gasteiger charge is 2.28. The lowest BCUT2D eigenvalue weighted by molar-refractivity contribution is -0.155. The van der Waals surface area contributed by atoms with Crippen LogP contribution in [-0.4, -0.2) is 11.6 Å². The molecule has 0 radical (unpaired) electrons. The van der Waals surface area contributed by atoms with E-state index >= 15 is 0 Å². The number of ether oxygens (including phenoxy) is 1. The number of carbonyl (C=O) groups excluding carboxylic acids is 1. The minimum atomic E-state index is -0.441. The lowest BCUT2D eigenvalue weighted by Gasteiger charge is -2.22. The highest BCUT2D eigenvalue weighted by atomic mass is 79.9. The van der Waals surface area contributed by atoms with Gasteiger partial charge in [0.2, 0.25) is 0 Å². The Balaban J connectivity index is 2.23. The number of hydrogen-bond donors (Lipinski definition) is 0. The molecule has 1 atom stereocenters. The first-order valence-electron chi connectivity index (χ1n) is 5.57. The lowest BCUT2D eigenvalue weighted by atomic mass is 10.0. The van der Waals surface area contributed by atoms with Gasteiger partial charge in [0.15, 0.2) is 0 Å². The van der Waals surface area contributed by atoms with Crippen LogP contribution in [0.4, 0.5) is 0 Å². The fourth-order valence-electron chi connectivity index (χ4n) is 1.85. The van der Waals surface area contributed by atoms with Crippen molar-refractivity contribution in [2.75, 3.05) is 0 Å². The van der Waals surface area contributed by atoms with Crippen LogP contribution in [0.1, 0.15) is 37.8 Å². The number of benzene rings is 1. The quantitative estimate of drug-likeness (QED) is 0.734. The van der Waals surface area contributed by atoms with Gasteiger partial charge in [-0.3, -0.25) is 4.79 Å². The normalized spacial score (nSPS) is 18.0. The number of halogens is 1. The number of rotatable bonds is 1. The van der Waals surface area contributed by atoms with E-state index < -0.39 is 5.60 Å². The van der Waals surface area contributed by atoms with Gasteiger partial charge in [0.05, 0.1) is 0 Å². The fourth-order valence-corrected chi connectivity index (χ4v) is 2.23. The molecule has 0 aromatic heterocycles. The van der Waals surface area contributed by atoms with Crippen molar-refractivity contribution in [2.24, 2.45) is 0 Å². The van der Waals surface area contributed by atoms with Crippen LogP contribution >= 0.6 is 15.9 Å². The van der Waals surface area contributed by atoms with Crippen LogP contribution in [0.15, 0.2) is 28.7 Å². The maximum absolute atomic E-state index is 12.0. The Morgan fingerprint density at radius 1 is 1.35 bits per heavy atom. The van der Waals surface area contributed by atoms with Crippen molar-refractivity contribution in [1.82, 2.24) is 0 Å². The van der Waals surface area contributed by atoms with E-state index in [4.69, 9.17) is 4.74 Å². The first-order valence-corrected chi connectivity index (χ1v) is 6.37. The largest absolute Gasteiger partial charge is 0.459 e. The van der Waals surface area contributed by atoms with Gasteiger partial charge in [0.1, 0.15) is 11.5 Å². The molecule has 90 valence electrons. The van der Waals surface area contributed by atoms with Crippen molar-refractivity contribution in [1.29, 1.82) is 0 Å². The second-order valence-electron chi connectivity index (χ2n) is 5.14. The van der Waals surface area contributed by atoms with Gasteiger partial charge >= 0.3 is 5.97 Å². The predicted octanol–water partition coefficient (Wildman–Crippen LogP) is 3.90. The van der Waals surface area contributed by atoms with Crippen molar-refractivity contribution in [3.63, 3.8) is 0 Å². The molecule has 0 spiro atoms. The molecule has 2 nitrogen and oxygen atoms in total. The van der Waals surface area contributed by atoms with Gasteiger partial charge in [-0.1, -0.05) is 34.1 Å². The minimum absolute atomic E-state index is 0.185. The van der Waals surface area contributed by atoms with E-state index in [1.54, 1.807) is 0 Å². The van der Waals surface area contributed by atoms with E-state index in [0.29, 0.717) is 0 Å². The lowest BCUT2D eigenvalue weighted by Crippen LogP contribution is -2.26. The summed E-state index contributed by atoms with van der Waals surface area (Å²) in [6.07, 6.45) is 3.86.